The molecule has 3 rings (SSSR count). The van der Waals surface area contributed by atoms with Crippen molar-refractivity contribution in [2.24, 2.45) is 0 Å². The highest BCUT2D eigenvalue weighted by molar-refractivity contribution is 7.99. The number of pyridine rings is 1. The van der Waals surface area contributed by atoms with Crippen LogP contribution in [0.1, 0.15) is 5.56 Å². The molecule has 0 atom stereocenters. The molecule has 26 heavy (non-hydrogen) atoms. The summed E-state index contributed by atoms with van der Waals surface area (Å²) < 4.78 is 1.57. The fourth-order valence-corrected chi connectivity index (χ4v) is 3.23. The van der Waals surface area contributed by atoms with Crippen LogP contribution in [0.25, 0.3) is 10.9 Å². The summed E-state index contributed by atoms with van der Waals surface area (Å²) in [6.45, 7) is 0.506. The van der Waals surface area contributed by atoms with Crippen molar-refractivity contribution in [1.29, 1.82) is 0 Å². The van der Waals surface area contributed by atoms with Crippen LogP contribution >= 0.6 is 11.8 Å². The van der Waals surface area contributed by atoms with Crippen LogP contribution in [-0.4, -0.2) is 32.7 Å². The predicted molar refractivity (Wildman–Crippen MR) is 102 cm³/mol. The van der Waals surface area contributed by atoms with Crippen LogP contribution in [0.3, 0.4) is 0 Å². The number of nitrogens with one attached hydrogen (secondary N) is 1. The Kier molecular flexibility index (Phi) is 5.66. The normalized spacial score (nSPS) is 10.4. The number of aromatic nitrogens is 3. The molecule has 0 fully saturated rings. The molecule has 0 bridgehead atoms. The van der Waals surface area contributed by atoms with Gasteiger partial charge in [-0.15, -0.1) is 6.42 Å². The third kappa shape index (κ3) is 4.10. The van der Waals surface area contributed by atoms with Gasteiger partial charge in [-0.05, 0) is 23.8 Å². The molecular weight excluding hydrogens is 348 g/mol. The van der Waals surface area contributed by atoms with Crippen LogP contribution in [0, 0.1) is 12.3 Å². The molecule has 0 aliphatic carbocycles. The van der Waals surface area contributed by atoms with Crippen molar-refractivity contribution in [3.05, 3.63) is 64.7 Å². The first-order valence-electron chi connectivity index (χ1n) is 7.90. The number of carbonyl (C=O) groups excluding carboxylic acids is 1. The van der Waals surface area contributed by atoms with Crippen molar-refractivity contribution in [1.82, 2.24) is 19.9 Å². The Morgan fingerprint density at radius 3 is 2.88 bits per heavy atom. The van der Waals surface area contributed by atoms with Crippen molar-refractivity contribution in [3.8, 4) is 12.3 Å². The first kappa shape index (κ1) is 17.7. The summed E-state index contributed by atoms with van der Waals surface area (Å²) in [6.07, 6.45) is 8.52. The first-order valence-corrected chi connectivity index (χ1v) is 8.89. The number of rotatable bonds is 6. The summed E-state index contributed by atoms with van der Waals surface area (Å²) in [7, 11) is 0. The van der Waals surface area contributed by atoms with Gasteiger partial charge in [-0.3, -0.25) is 19.1 Å². The Hall–Kier alpha value is -3.11. The van der Waals surface area contributed by atoms with E-state index in [1.807, 2.05) is 18.2 Å². The second-order valence-corrected chi connectivity index (χ2v) is 6.38. The average Bonchev–Trinajstić information content (AvgIpc) is 2.68. The average molecular weight is 364 g/mol. The van der Waals surface area contributed by atoms with Gasteiger partial charge in [0.2, 0.25) is 5.91 Å². The van der Waals surface area contributed by atoms with Crippen LogP contribution in [0.5, 0.6) is 0 Å². The van der Waals surface area contributed by atoms with Gasteiger partial charge in [-0.1, -0.05) is 35.9 Å². The largest absolute Gasteiger partial charge is 0.344 e. The zero-order chi connectivity index (χ0) is 18.4. The van der Waals surface area contributed by atoms with Gasteiger partial charge < -0.3 is 5.32 Å². The second kappa shape index (κ2) is 8.32. The van der Waals surface area contributed by atoms with Gasteiger partial charge in [0.25, 0.3) is 5.56 Å². The maximum atomic E-state index is 12.9. The van der Waals surface area contributed by atoms with Crippen molar-refractivity contribution < 1.29 is 4.79 Å². The van der Waals surface area contributed by atoms with Gasteiger partial charge in [0.05, 0.1) is 29.7 Å². The second-order valence-electron chi connectivity index (χ2n) is 5.43. The molecule has 0 unspecified atom stereocenters. The molecule has 1 N–H and O–H groups in total. The van der Waals surface area contributed by atoms with E-state index in [9.17, 15) is 9.59 Å². The summed E-state index contributed by atoms with van der Waals surface area (Å²) in [5, 5.41) is 3.62. The van der Waals surface area contributed by atoms with Crippen LogP contribution in [0.2, 0.25) is 0 Å². The Labute approximate surface area is 154 Å². The molecule has 7 heteroatoms. The quantitative estimate of drug-likeness (QED) is 0.409. The van der Waals surface area contributed by atoms with Crippen LogP contribution in [0.15, 0.2) is 58.7 Å². The molecule has 0 saturated carbocycles. The summed E-state index contributed by atoms with van der Waals surface area (Å²) in [5.41, 5.74) is 1.34. The van der Waals surface area contributed by atoms with E-state index in [0.717, 1.165) is 5.56 Å². The molecule has 1 amide bonds. The molecule has 1 aromatic carbocycles. The number of amides is 1. The molecule has 6 nitrogen and oxygen atoms in total. The minimum absolute atomic E-state index is 0.125. The lowest BCUT2D eigenvalue weighted by molar-refractivity contribution is -0.118. The number of para-hydroxylation sites is 1. The van der Waals surface area contributed by atoms with E-state index in [1.54, 1.807) is 35.2 Å². The van der Waals surface area contributed by atoms with E-state index in [2.05, 4.69) is 21.2 Å². The number of thioether (sulfide) groups is 1. The SMILES string of the molecule is C#CCNC(=O)CSc1nc2ccccc2c(=O)n1Cc1cccnc1. The number of benzene rings is 1. The van der Waals surface area contributed by atoms with Crippen LogP contribution < -0.4 is 10.9 Å². The lowest BCUT2D eigenvalue weighted by atomic mass is 10.2. The van der Waals surface area contributed by atoms with Gasteiger partial charge >= 0.3 is 0 Å². The van der Waals surface area contributed by atoms with E-state index < -0.39 is 0 Å². The number of terminal acetylenes is 1. The van der Waals surface area contributed by atoms with E-state index in [4.69, 9.17) is 6.42 Å². The number of nitrogens with zero attached hydrogens (tertiary/aromatic N) is 3. The van der Waals surface area contributed by atoms with Gasteiger partial charge in [0.1, 0.15) is 0 Å². The summed E-state index contributed by atoms with van der Waals surface area (Å²) in [5.74, 6) is 2.27. The summed E-state index contributed by atoms with van der Waals surface area (Å²) in [4.78, 5) is 33.4. The fourth-order valence-electron chi connectivity index (χ4n) is 2.40. The van der Waals surface area contributed by atoms with Crippen LogP contribution in [0.4, 0.5) is 0 Å². The van der Waals surface area contributed by atoms with Gasteiger partial charge in [0, 0.05) is 12.4 Å². The minimum Gasteiger partial charge on any atom is -0.344 e. The highest BCUT2D eigenvalue weighted by Gasteiger charge is 2.13. The van der Waals surface area contributed by atoms with Gasteiger partial charge in [-0.25, -0.2) is 4.98 Å². The zero-order valence-electron chi connectivity index (χ0n) is 13.9. The highest BCUT2D eigenvalue weighted by atomic mass is 32.2. The predicted octanol–water partition coefficient (Wildman–Crippen LogP) is 1.68. The Morgan fingerprint density at radius 1 is 1.27 bits per heavy atom. The fraction of sp³-hybridized carbons (Fsp3) is 0.158. The lowest BCUT2D eigenvalue weighted by Gasteiger charge is -2.13. The molecular formula is C19H16N4O2S. The molecule has 130 valence electrons. The van der Waals surface area contributed by atoms with E-state index in [1.165, 1.54) is 11.8 Å². The Balaban J connectivity index is 1.96. The van der Waals surface area contributed by atoms with Gasteiger partial charge in [-0.2, -0.15) is 0 Å². The number of hydrogen-bond acceptors (Lipinski definition) is 5. The van der Waals surface area contributed by atoms with Crippen molar-refractivity contribution in [2.75, 3.05) is 12.3 Å². The minimum atomic E-state index is -0.205. The Bertz CT molecular complexity index is 1030. The first-order chi connectivity index (χ1) is 12.7. The number of hydrogen-bond donors (Lipinski definition) is 1. The van der Waals surface area contributed by atoms with Crippen molar-refractivity contribution in [3.63, 3.8) is 0 Å². The summed E-state index contributed by atoms with van der Waals surface area (Å²) >= 11 is 1.20. The lowest BCUT2D eigenvalue weighted by Crippen LogP contribution is -2.27. The molecule has 2 aromatic heterocycles. The molecule has 3 aromatic rings. The van der Waals surface area contributed by atoms with E-state index >= 15 is 0 Å². The maximum absolute atomic E-state index is 12.9. The van der Waals surface area contributed by atoms with Crippen LogP contribution in [-0.2, 0) is 11.3 Å². The van der Waals surface area contributed by atoms with E-state index in [0.29, 0.717) is 22.6 Å². The maximum Gasteiger partial charge on any atom is 0.262 e. The monoisotopic (exact) mass is 364 g/mol. The van der Waals surface area contributed by atoms with E-state index in [-0.39, 0.29) is 23.8 Å². The third-order valence-electron chi connectivity index (χ3n) is 3.61. The molecule has 2 heterocycles. The molecule has 0 radical (unpaired) electrons. The van der Waals surface area contributed by atoms with Crippen molar-refractivity contribution >= 4 is 28.6 Å². The molecule has 0 spiro atoms. The third-order valence-corrected chi connectivity index (χ3v) is 4.59. The van der Waals surface area contributed by atoms with Gasteiger partial charge in [0.15, 0.2) is 5.16 Å². The molecule has 0 saturated heterocycles. The standard InChI is InChI=1S/C19H16N4O2S/c1-2-9-21-17(24)13-26-19-22-16-8-4-3-7-15(16)18(25)23(19)12-14-6-5-10-20-11-14/h1,3-8,10-11H,9,12-13H2,(H,21,24). The number of carbonyl (C=O) groups is 1. The highest BCUT2D eigenvalue weighted by Crippen LogP contribution is 2.18. The Morgan fingerprint density at radius 2 is 2.12 bits per heavy atom. The molecule has 0 aliphatic rings. The zero-order valence-corrected chi connectivity index (χ0v) is 14.7. The topological polar surface area (TPSA) is 76.9 Å². The smallest absolute Gasteiger partial charge is 0.262 e. The molecule has 0 aliphatic heterocycles. The van der Waals surface area contributed by atoms with Crippen molar-refractivity contribution in [2.45, 2.75) is 11.7 Å². The summed E-state index contributed by atoms with van der Waals surface area (Å²) in [6, 6.07) is 10.9. The number of fused-ring (bicyclic) bond motifs is 1.